The van der Waals surface area contributed by atoms with E-state index in [0.717, 1.165) is 38.1 Å². The highest BCUT2D eigenvalue weighted by Crippen LogP contribution is 2.39. The number of hydrogen-bond donors (Lipinski definition) is 0. The normalized spacial score (nSPS) is 15.0. The first-order valence-corrected chi connectivity index (χ1v) is 17.9. The third-order valence-corrected chi connectivity index (χ3v) is 9.55. The maximum atomic E-state index is 13.7. The van der Waals surface area contributed by atoms with E-state index in [-0.39, 0.29) is 76.3 Å². The monoisotopic (exact) mass is 780 g/mol. The number of carbonyl (C=O) groups excluding carboxylic acids is 1. The van der Waals surface area contributed by atoms with E-state index in [1.807, 2.05) is 0 Å². The maximum Gasteiger partial charge on any atom is 0.387 e. The number of esters is 1. The maximum absolute atomic E-state index is 13.7. The molecule has 0 amide bonds. The van der Waals surface area contributed by atoms with E-state index < -0.39 is 28.8 Å². The molecule has 2 aromatic carbocycles. The minimum absolute atomic E-state index is 0. The van der Waals surface area contributed by atoms with Crippen LogP contribution in [-0.2, 0) is 21.3 Å². The van der Waals surface area contributed by atoms with Crippen LogP contribution in [0.4, 0.5) is 8.78 Å². The molecule has 3 aromatic rings. The van der Waals surface area contributed by atoms with Crippen molar-refractivity contribution < 1.29 is 49.9 Å². The molecule has 0 spiro atoms. The van der Waals surface area contributed by atoms with Gasteiger partial charge in [0.2, 0.25) is 0 Å². The summed E-state index contributed by atoms with van der Waals surface area (Å²) in [5.74, 6) is -0.694. The number of pyridine rings is 1. The predicted molar refractivity (Wildman–Crippen MR) is 183 cm³/mol. The summed E-state index contributed by atoms with van der Waals surface area (Å²) < 4.78 is 79.9. The van der Waals surface area contributed by atoms with Gasteiger partial charge in [0.1, 0.15) is 16.1 Å². The molecule has 0 N–H and O–H groups in total. The Morgan fingerprint density at radius 1 is 0.940 bits per heavy atom. The topological polar surface area (TPSA) is 128 Å². The highest BCUT2D eigenvalue weighted by molar-refractivity contribution is 7.87. The second-order valence-corrected chi connectivity index (χ2v) is 14.8. The van der Waals surface area contributed by atoms with E-state index in [1.54, 1.807) is 19.0 Å². The molecule has 274 valence electrons. The summed E-state index contributed by atoms with van der Waals surface area (Å²) in [5, 5.41) is 11.9. The Labute approximate surface area is 305 Å². The highest BCUT2D eigenvalue weighted by Gasteiger charge is 2.28. The Morgan fingerprint density at radius 2 is 1.52 bits per heavy atom. The van der Waals surface area contributed by atoms with Gasteiger partial charge in [-0.25, -0.2) is 4.79 Å². The molecule has 11 nitrogen and oxygen atoms in total. The van der Waals surface area contributed by atoms with Crippen molar-refractivity contribution in [1.29, 1.82) is 0 Å². The fraction of sp³-hybridized carbons (Fsp3) is 0.455. The zero-order chi connectivity index (χ0) is 35.3. The Morgan fingerprint density at radius 3 is 2.08 bits per heavy atom. The summed E-state index contributed by atoms with van der Waals surface area (Å²) in [6.45, 7) is -2.28. The van der Waals surface area contributed by atoms with Crippen molar-refractivity contribution in [3.63, 3.8) is 0 Å². The summed E-state index contributed by atoms with van der Waals surface area (Å²) in [6.07, 6.45) is 4.79. The van der Waals surface area contributed by atoms with Crippen molar-refractivity contribution in [1.82, 2.24) is 4.90 Å². The molecule has 1 atom stereocenters. The molecule has 0 saturated heterocycles. The predicted octanol–water partition coefficient (Wildman–Crippen LogP) is 6.64. The van der Waals surface area contributed by atoms with Crippen molar-refractivity contribution in [2.24, 2.45) is 11.8 Å². The third kappa shape index (κ3) is 11.6. The molecular formula is C33H37Cl3F2N2O9S. The number of carbonyl (C=O) groups is 1. The Kier molecular flexibility index (Phi) is 13.6. The quantitative estimate of drug-likeness (QED) is 0.0600. The zero-order valence-corrected chi connectivity index (χ0v) is 30.3. The number of nitrogens with zero attached hydrogens (tertiary/aromatic N) is 2. The van der Waals surface area contributed by atoms with Crippen LogP contribution in [0.15, 0.2) is 48.8 Å². The molecule has 5 rings (SSSR count). The number of hydrogen-bond acceptors (Lipinski definition) is 10. The van der Waals surface area contributed by atoms with Gasteiger partial charge in [-0.15, -0.1) is 12.4 Å². The summed E-state index contributed by atoms with van der Waals surface area (Å²) in [4.78, 5) is 15.4. The summed E-state index contributed by atoms with van der Waals surface area (Å²) >= 11 is 12.7. The number of ether oxygens (including phenoxy) is 4. The molecule has 17 heteroatoms. The largest absolute Gasteiger partial charge is 0.619 e. The fourth-order valence-corrected chi connectivity index (χ4v) is 6.32. The van der Waals surface area contributed by atoms with Gasteiger partial charge in [-0.2, -0.15) is 21.9 Å². The average molecular weight is 782 g/mol. The number of rotatable bonds is 18. The first-order valence-electron chi connectivity index (χ1n) is 15.6. The summed E-state index contributed by atoms with van der Waals surface area (Å²) in [5.41, 5.74) is 0.643. The van der Waals surface area contributed by atoms with Crippen molar-refractivity contribution in [3.8, 4) is 23.0 Å². The lowest BCUT2D eigenvalue weighted by Crippen LogP contribution is -2.25. The van der Waals surface area contributed by atoms with Crippen LogP contribution in [0.1, 0.15) is 53.3 Å². The van der Waals surface area contributed by atoms with Crippen molar-refractivity contribution in [2.45, 2.75) is 44.8 Å². The van der Waals surface area contributed by atoms with Crippen molar-refractivity contribution in [3.05, 3.63) is 80.7 Å². The van der Waals surface area contributed by atoms with Crippen LogP contribution in [0.25, 0.3) is 0 Å². The molecule has 2 fully saturated rings. The molecule has 2 aliphatic carbocycles. The first-order chi connectivity index (χ1) is 23.3. The second-order valence-electron chi connectivity index (χ2n) is 12.3. The van der Waals surface area contributed by atoms with Gasteiger partial charge in [0, 0.05) is 18.5 Å². The van der Waals surface area contributed by atoms with E-state index >= 15 is 0 Å². The molecule has 1 heterocycles. The number of halogens is 5. The molecule has 1 aromatic heterocycles. The molecular weight excluding hydrogens is 745 g/mol. The van der Waals surface area contributed by atoms with E-state index in [4.69, 9.17) is 41.6 Å². The first kappa shape index (κ1) is 39.5. The van der Waals surface area contributed by atoms with Crippen molar-refractivity contribution in [2.75, 3.05) is 39.6 Å². The van der Waals surface area contributed by atoms with Crippen LogP contribution < -0.4 is 23.1 Å². The standard InChI is InChI=1S/C33H36Cl2F2N2O9S.ClH/c1-38(2)11-12-49(42,43)48-28-10-8-23(14-31(28)45-19-21-5-6-21)32(40)46-29(15-24-25(34)16-39(41)17-26(24)35)22-7-9-27(47-33(36)37)30(13-22)44-18-20-3-4-20;/h7-10,13-14,16-17,20-21,29,33H,3-6,11-12,15,18-19H2,1-2H3;1H/t29-;/m0./s1. The van der Waals surface area contributed by atoms with E-state index in [0.29, 0.717) is 34.3 Å². The second kappa shape index (κ2) is 17.3. The number of benzene rings is 2. The Bertz CT molecular complexity index is 1740. The van der Waals surface area contributed by atoms with Gasteiger partial charge in [0.25, 0.3) is 0 Å². The minimum atomic E-state index is -3.99. The van der Waals surface area contributed by atoms with Crippen LogP contribution >= 0.6 is 35.6 Å². The molecule has 2 aliphatic rings. The molecule has 0 aliphatic heterocycles. The van der Waals surface area contributed by atoms with Crippen LogP contribution in [0.3, 0.4) is 0 Å². The molecule has 0 radical (unpaired) electrons. The van der Waals surface area contributed by atoms with Gasteiger partial charge >= 0.3 is 22.7 Å². The molecule has 0 unspecified atom stereocenters. The number of aromatic nitrogens is 1. The van der Waals surface area contributed by atoms with Crippen LogP contribution in [0.2, 0.25) is 10.0 Å². The zero-order valence-electron chi connectivity index (χ0n) is 27.2. The lowest BCUT2D eigenvalue weighted by molar-refractivity contribution is -0.605. The molecule has 0 bridgehead atoms. The van der Waals surface area contributed by atoms with Crippen molar-refractivity contribution >= 4 is 51.7 Å². The number of alkyl halides is 2. The Hall–Kier alpha value is -3.30. The molecule has 50 heavy (non-hydrogen) atoms. The smallest absolute Gasteiger partial charge is 0.387 e. The van der Waals surface area contributed by atoms with Gasteiger partial charge in [-0.05, 0) is 87.5 Å². The minimum Gasteiger partial charge on any atom is -0.619 e. The van der Waals surface area contributed by atoms with Gasteiger partial charge in [0.15, 0.2) is 35.4 Å². The fourth-order valence-electron chi connectivity index (χ4n) is 4.64. The average Bonchev–Trinajstić information content (AvgIpc) is 3.96. The van der Waals surface area contributed by atoms with Gasteiger partial charge in [-0.3, -0.25) is 0 Å². The van der Waals surface area contributed by atoms with Crippen LogP contribution in [-0.4, -0.2) is 65.5 Å². The lowest BCUT2D eigenvalue weighted by atomic mass is 10.0. The lowest BCUT2D eigenvalue weighted by Gasteiger charge is -2.22. The van der Waals surface area contributed by atoms with Crippen LogP contribution in [0.5, 0.6) is 23.0 Å². The SMILES string of the molecule is CN(C)CCS(=O)(=O)Oc1ccc(C(=O)O[C@@H](Cc2c(Cl)c[n+]([O-])cc2Cl)c2ccc(OC(F)F)c(OCC3CC3)c2)cc1OCC1CC1.Cl. The van der Waals surface area contributed by atoms with E-state index in [9.17, 15) is 27.2 Å². The summed E-state index contributed by atoms with van der Waals surface area (Å²) in [7, 11) is -0.513. The van der Waals surface area contributed by atoms with E-state index in [1.165, 1.54) is 36.4 Å². The highest BCUT2D eigenvalue weighted by atomic mass is 35.5. The third-order valence-electron chi connectivity index (χ3n) is 7.78. The molecule has 2 saturated carbocycles. The van der Waals surface area contributed by atoms with Gasteiger partial charge in [-0.1, -0.05) is 29.3 Å². The summed E-state index contributed by atoms with van der Waals surface area (Å²) in [6, 6.07) is 8.17. The van der Waals surface area contributed by atoms with Gasteiger partial charge < -0.3 is 33.2 Å². The Balaban J connectivity index is 0.00000562. The van der Waals surface area contributed by atoms with Crippen LogP contribution in [0, 0.1) is 17.0 Å². The van der Waals surface area contributed by atoms with E-state index in [2.05, 4.69) is 4.74 Å². The van der Waals surface area contributed by atoms with Gasteiger partial charge in [0.05, 0.1) is 24.5 Å².